The van der Waals surface area contributed by atoms with E-state index in [4.69, 9.17) is 10.5 Å². The third-order valence-electron chi connectivity index (χ3n) is 4.40. The van der Waals surface area contributed by atoms with Crippen molar-refractivity contribution in [2.45, 2.75) is 52.6 Å². The molecule has 2 rings (SSSR count). The molecule has 1 heterocycles. The standard InChI is InChI=1S/C20H34N4O/c1-16(2)25-19-10-8-18(9-11-19)23-20(21)22-12-4-5-13-24-14-6-7-17(3)15-24/h8-11,16-17H,4-7,12-15H2,1-3H3,(H3,21,22,23). The molecule has 0 aliphatic carbocycles. The number of ether oxygens (including phenoxy) is 1. The number of nitrogens with two attached hydrogens (primary N) is 1. The minimum absolute atomic E-state index is 0.179. The first kappa shape index (κ1) is 19.6. The number of hydrogen-bond donors (Lipinski definition) is 2. The summed E-state index contributed by atoms with van der Waals surface area (Å²) < 4.78 is 5.63. The molecule has 1 fully saturated rings. The van der Waals surface area contributed by atoms with Gasteiger partial charge in [-0.2, -0.15) is 0 Å². The second-order valence-corrected chi connectivity index (χ2v) is 7.34. The van der Waals surface area contributed by atoms with Crippen molar-refractivity contribution in [3.63, 3.8) is 0 Å². The van der Waals surface area contributed by atoms with E-state index in [2.05, 4.69) is 22.1 Å². The van der Waals surface area contributed by atoms with Crippen molar-refractivity contribution >= 4 is 11.6 Å². The summed E-state index contributed by atoms with van der Waals surface area (Å²) in [6.07, 6.45) is 5.17. The van der Waals surface area contributed by atoms with E-state index < -0.39 is 0 Å². The van der Waals surface area contributed by atoms with Crippen LogP contribution < -0.4 is 15.8 Å². The van der Waals surface area contributed by atoms with Crippen molar-refractivity contribution in [1.29, 1.82) is 0 Å². The lowest BCUT2D eigenvalue weighted by atomic mass is 10.0. The van der Waals surface area contributed by atoms with Crippen LogP contribution in [0.15, 0.2) is 29.3 Å². The molecule has 1 aromatic rings. The molecule has 1 aromatic carbocycles. The van der Waals surface area contributed by atoms with Gasteiger partial charge >= 0.3 is 0 Å². The summed E-state index contributed by atoms with van der Waals surface area (Å²) >= 11 is 0. The number of benzene rings is 1. The van der Waals surface area contributed by atoms with Crippen molar-refractivity contribution in [2.75, 3.05) is 31.5 Å². The van der Waals surface area contributed by atoms with Gasteiger partial charge in [-0.1, -0.05) is 6.92 Å². The average Bonchev–Trinajstić information content (AvgIpc) is 2.56. The van der Waals surface area contributed by atoms with Crippen LogP contribution in [-0.2, 0) is 0 Å². The van der Waals surface area contributed by atoms with Gasteiger partial charge in [0.1, 0.15) is 5.75 Å². The van der Waals surface area contributed by atoms with E-state index >= 15 is 0 Å². The molecule has 25 heavy (non-hydrogen) atoms. The maximum Gasteiger partial charge on any atom is 0.193 e. The van der Waals surface area contributed by atoms with Gasteiger partial charge in [-0.05, 0) is 82.8 Å². The van der Waals surface area contributed by atoms with Gasteiger partial charge in [-0.15, -0.1) is 0 Å². The van der Waals surface area contributed by atoms with Gasteiger partial charge in [0.15, 0.2) is 5.96 Å². The first-order valence-corrected chi connectivity index (χ1v) is 9.59. The molecule has 140 valence electrons. The second-order valence-electron chi connectivity index (χ2n) is 7.34. The topological polar surface area (TPSA) is 62.9 Å². The largest absolute Gasteiger partial charge is 0.491 e. The molecule has 1 unspecified atom stereocenters. The Morgan fingerprint density at radius 2 is 2.08 bits per heavy atom. The van der Waals surface area contributed by atoms with E-state index in [9.17, 15) is 0 Å². The molecule has 0 spiro atoms. The Morgan fingerprint density at radius 3 is 2.76 bits per heavy atom. The molecule has 0 radical (unpaired) electrons. The lowest BCUT2D eigenvalue weighted by Gasteiger charge is -2.30. The predicted molar refractivity (Wildman–Crippen MR) is 106 cm³/mol. The summed E-state index contributed by atoms with van der Waals surface area (Å²) in [7, 11) is 0. The van der Waals surface area contributed by atoms with Gasteiger partial charge in [0, 0.05) is 18.8 Å². The fourth-order valence-electron chi connectivity index (χ4n) is 3.21. The summed E-state index contributed by atoms with van der Waals surface area (Å²) in [5.74, 6) is 2.19. The van der Waals surface area contributed by atoms with Crippen molar-refractivity contribution in [2.24, 2.45) is 16.6 Å². The van der Waals surface area contributed by atoms with Crippen LogP contribution in [-0.4, -0.2) is 43.1 Å². The Kier molecular flexibility index (Phi) is 8.06. The third kappa shape index (κ3) is 7.78. The van der Waals surface area contributed by atoms with Gasteiger partial charge in [0.2, 0.25) is 0 Å². The third-order valence-corrected chi connectivity index (χ3v) is 4.40. The van der Waals surface area contributed by atoms with Gasteiger partial charge in [-0.3, -0.25) is 4.99 Å². The highest BCUT2D eigenvalue weighted by Gasteiger charge is 2.15. The normalized spacial score (nSPS) is 19.2. The van der Waals surface area contributed by atoms with E-state index in [1.807, 2.05) is 38.1 Å². The smallest absolute Gasteiger partial charge is 0.193 e. The SMILES string of the molecule is CC1CCCN(CCCCN=C(N)Nc2ccc(OC(C)C)cc2)C1. The number of hydrogen-bond acceptors (Lipinski definition) is 3. The van der Waals surface area contributed by atoms with E-state index in [0.717, 1.165) is 30.3 Å². The number of rotatable bonds is 8. The van der Waals surface area contributed by atoms with Crippen LogP contribution in [0.1, 0.15) is 46.5 Å². The molecule has 0 amide bonds. The molecule has 0 bridgehead atoms. The van der Waals surface area contributed by atoms with E-state index in [0.29, 0.717) is 5.96 Å². The van der Waals surface area contributed by atoms with Crippen molar-refractivity contribution in [1.82, 2.24) is 4.90 Å². The van der Waals surface area contributed by atoms with Crippen LogP contribution in [0.5, 0.6) is 5.75 Å². The molecule has 1 aliphatic heterocycles. The number of nitrogens with zero attached hydrogens (tertiary/aromatic N) is 2. The Bertz CT molecular complexity index is 527. The quantitative estimate of drug-likeness (QED) is 0.428. The van der Waals surface area contributed by atoms with Crippen LogP contribution in [0, 0.1) is 5.92 Å². The van der Waals surface area contributed by atoms with Crippen LogP contribution in [0.2, 0.25) is 0 Å². The number of piperidine rings is 1. The highest BCUT2D eigenvalue weighted by molar-refractivity contribution is 5.92. The van der Waals surface area contributed by atoms with Crippen LogP contribution in [0.25, 0.3) is 0 Å². The highest BCUT2D eigenvalue weighted by atomic mass is 16.5. The fraction of sp³-hybridized carbons (Fsp3) is 0.650. The molecular formula is C20H34N4O. The molecule has 1 aliphatic rings. The molecular weight excluding hydrogens is 312 g/mol. The molecule has 1 saturated heterocycles. The van der Waals surface area contributed by atoms with Crippen LogP contribution in [0.3, 0.4) is 0 Å². The molecule has 0 saturated carbocycles. The molecule has 1 atom stereocenters. The maximum absolute atomic E-state index is 5.96. The minimum atomic E-state index is 0.179. The Hall–Kier alpha value is -1.75. The van der Waals surface area contributed by atoms with Crippen molar-refractivity contribution in [3.8, 4) is 5.75 Å². The molecule has 3 N–H and O–H groups in total. The van der Waals surface area contributed by atoms with Crippen LogP contribution >= 0.6 is 0 Å². The Morgan fingerprint density at radius 1 is 1.32 bits per heavy atom. The van der Waals surface area contributed by atoms with Crippen molar-refractivity contribution in [3.05, 3.63) is 24.3 Å². The lowest BCUT2D eigenvalue weighted by Crippen LogP contribution is -2.35. The Balaban J connectivity index is 1.64. The van der Waals surface area contributed by atoms with Gasteiger partial charge in [-0.25, -0.2) is 0 Å². The minimum Gasteiger partial charge on any atom is -0.491 e. The highest BCUT2D eigenvalue weighted by Crippen LogP contribution is 2.17. The summed E-state index contributed by atoms with van der Waals surface area (Å²) in [6.45, 7) is 10.9. The number of aliphatic imine (C=N–C) groups is 1. The molecule has 5 heteroatoms. The van der Waals surface area contributed by atoms with E-state index in [1.54, 1.807) is 0 Å². The fourth-order valence-corrected chi connectivity index (χ4v) is 3.21. The van der Waals surface area contributed by atoms with Crippen LogP contribution in [0.4, 0.5) is 5.69 Å². The second kappa shape index (κ2) is 10.3. The number of unbranched alkanes of at least 4 members (excludes halogenated alkanes) is 1. The summed E-state index contributed by atoms with van der Waals surface area (Å²) in [4.78, 5) is 7.01. The summed E-state index contributed by atoms with van der Waals surface area (Å²) in [5, 5.41) is 3.13. The maximum atomic E-state index is 5.96. The number of anilines is 1. The van der Waals surface area contributed by atoms with E-state index in [1.165, 1.54) is 38.9 Å². The number of guanidine groups is 1. The zero-order valence-corrected chi connectivity index (χ0v) is 16.0. The molecule has 0 aromatic heterocycles. The Labute approximate surface area is 152 Å². The van der Waals surface area contributed by atoms with Gasteiger partial charge in [0.25, 0.3) is 0 Å². The lowest BCUT2D eigenvalue weighted by molar-refractivity contribution is 0.181. The van der Waals surface area contributed by atoms with Crippen molar-refractivity contribution < 1.29 is 4.74 Å². The summed E-state index contributed by atoms with van der Waals surface area (Å²) in [5.41, 5.74) is 6.90. The number of likely N-dealkylation sites (tertiary alicyclic amines) is 1. The van der Waals surface area contributed by atoms with Gasteiger partial charge in [0.05, 0.1) is 6.10 Å². The molecule has 5 nitrogen and oxygen atoms in total. The zero-order valence-electron chi connectivity index (χ0n) is 16.0. The zero-order chi connectivity index (χ0) is 18.1. The average molecular weight is 347 g/mol. The monoisotopic (exact) mass is 346 g/mol. The number of nitrogens with one attached hydrogen (secondary N) is 1. The first-order valence-electron chi connectivity index (χ1n) is 9.59. The first-order chi connectivity index (χ1) is 12.0. The van der Waals surface area contributed by atoms with E-state index in [-0.39, 0.29) is 6.10 Å². The predicted octanol–water partition coefficient (Wildman–Crippen LogP) is 3.71. The summed E-state index contributed by atoms with van der Waals surface area (Å²) in [6, 6.07) is 7.79. The van der Waals surface area contributed by atoms with Gasteiger partial charge < -0.3 is 20.7 Å².